The summed E-state index contributed by atoms with van der Waals surface area (Å²) in [4.78, 5) is 11.6. The fourth-order valence-corrected chi connectivity index (χ4v) is 1.89. The highest BCUT2D eigenvalue weighted by Crippen LogP contribution is 2.31. The molecule has 84 valence electrons. The van der Waals surface area contributed by atoms with Crippen molar-refractivity contribution in [3.8, 4) is 0 Å². The number of hydrogen-bond donors (Lipinski definition) is 1. The Morgan fingerprint density at radius 2 is 2.19 bits per heavy atom. The maximum absolute atomic E-state index is 11.6. The van der Waals surface area contributed by atoms with E-state index in [4.69, 9.17) is 17.3 Å². The quantitative estimate of drug-likeness (QED) is 0.819. The zero-order valence-electron chi connectivity index (χ0n) is 9.16. The van der Waals surface area contributed by atoms with Crippen LogP contribution in [0.25, 0.3) is 5.70 Å². The van der Waals surface area contributed by atoms with Crippen molar-refractivity contribution < 1.29 is 4.79 Å². The van der Waals surface area contributed by atoms with E-state index in [1.807, 2.05) is 19.1 Å². The van der Waals surface area contributed by atoms with Crippen molar-refractivity contribution in [2.75, 3.05) is 0 Å². The number of allylic oxidation sites excluding steroid dienone is 1. The molecule has 0 saturated heterocycles. The van der Waals surface area contributed by atoms with Gasteiger partial charge >= 0.3 is 0 Å². The molecular weight excluding hydrogens is 222 g/mol. The fraction of sp³-hybridized carbons (Fsp3) is 0.308. The van der Waals surface area contributed by atoms with Crippen LogP contribution < -0.4 is 5.73 Å². The highest BCUT2D eigenvalue weighted by atomic mass is 35.5. The molecule has 0 aliphatic heterocycles. The molecule has 0 amide bonds. The maximum atomic E-state index is 11.6. The monoisotopic (exact) mass is 235 g/mol. The van der Waals surface area contributed by atoms with E-state index in [2.05, 4.69) is 0 Å². The van der Waals surface area contributed by atoms with Gasteiger partial charge in [0, 0.05) is 28.3 Å². The SMILES string of the molecule is Cc1cc(Cl)ccc1C(N)=CC(=O)C1CC1. The molecule has 0 radical (unpaired) electrons. The molecule has 1 aliphatic rings. The van der Waals surface area contributed by atoms with Gasteiger partial charge in [-0.25, -0.2) is 0 Å². The van der Waals surface area contributed by atoms with Crippen molar-refractivity contribution in [2.45, 2.75) is 19.8 Å². The molecule has 2 N–H and O–H groups in total. The Bertz CT molecular complexity index is 461. The first-order chi connectivity index (χ1) is 7.58. The molecule has 0 spiro atoms. The molecule has 0 aromatic heterocycles. The molecule has 2 rings (SSSR count). The van der Waals surface area contributed by atoms with Gasteiger partial charge in [-0.1, -0.05) is 17.7 Å². The molecule has 1 fully saturated rings. The topological polar surface area (TPSA) is 43.1 Å². The Morgan fingerprint density at radius 1 is 1.50 bits per heavy atom. The third-order valence-corrected chi connectivity index (χ3v) is 3.01. The van der Waals surface area contributed by atoms with Crippen LogP contribution in [0.1, 0.15) is 24.0 Å². The third kappa shape index (κ3) is 2.45. The van der Waals surface area contributed by atoms with Gasteiger partial charge in [0.05, 0.1) is 0 Å². The van der Waals surface area contributed by atoms with E-state index in [9.17, 15) is 4.79 Å². The fourth-order valence-electron chi connectivity index (χ4n) is 1.67. The minimum Gasteiger partial charge on any atom is -0.398 e. The van der Waals surface area contributed by atoms with Crippen LogP contribution in [0, 0.1) is 12.8 Å². The average Bonchev–Trinajstić information content (AvgIpc) is 2.99. The zero-order valence-corrected chi connectivity index (χ0v) is 9.92. The number of ketones is 1. The lowest BCUT2D eigenvalue weighted by Gasteiger charge is -2.06. The number of halogens is 1. The normalized spacial score (nSPS) is 16.2. The van der Waals surface area contributed by atoms with Crippen LogP contribution in [-0.4, -0.2) is 5.78 Å². The molecule has 0 heterocycles. The summed E-state index contributed by atoms with van der Waals surface area (Å²) in [7, 11) is 0. The molecule has 1 saturated carbocycles. The zero-order chi connectivity index (χ0) is 11.7. The summed E-state index contributed by atoms with van der Waals surface area (Å²) in [6.07, 6.45) is 3.55. The van der Waals surface area contributed by atoms with Crippen molar-refractivity contribution in [3.05, 3.63) is 40.4 Å². The smallest absolute Gasteiger partial charge is 0.160 e. The van der Waals surface area contributed by atoms with E-state index in [-0.39, 0.29) is 11.7 Å². The van der Waals surface area contributed by atoms with Gasteiger partial charge in [-0.15, -0.1) is 0 Å². The molecule has 0 bridgehead atoms. The molecule has 1 aromatic carbocycles. The van der Waals surface area contributed by atoms with Crippen LogP contribution in [0.2, 0.25) is 5.02 Å². The van der Waals surface area contributed by atoms with E-state index < -0.39 is 0 Å². The molecule has 1 aliphatic carbocycles. The third-order valence-electron chi connectivity index (χ3n) is 2.78. The van der Waals surface area contributed by atoms with Gasteiger partial charge in [-0.3, -0.25) is 4.79 Å². The largest absolute Gasteiger partial charge is 0.398 e. The summed E-state index contributed by atoms with van der Waals surface area (Å²) >= 11 is 5.86. The molecule has 16 heavy (non-hydrogen) atoms. The van der Waals surface area contributed by atoms with E-state index >= 15 is 0 Å². The van der Waals surface area contributed by atoms with E-state index in [0.29, 0.717) is 10.7 Å². The number of carbonyl (C=O) groups excluding carboxylic acids is 1. The maximum Gasteiger partial charge on any atom is 0.160 e. The average molecular weight is 236 g/mol. The van der Waals surface area contributed by atoms with Crippen LogP contribution in [0.5, 0.6) is 0 Å². The summed E-state index contributed by atoms with van der Waals surface area (Å²) in [5.41, 5.74) is 8.32. The van der Waals surface area contributed by atoms with Crippen LogP contribution in [0.4, 0.5) is 0 Å². The number of benzene rings is 1. The van der Waals surface area contributed by atoms with E-state index in [0.717, 1.165) is 24.0 Å². The first-order valence-electron chi connectivity index (χ1n) is 5.35. The van der Waals surface area contributed by atoms with Crippen LogP contribution >= 0.6 is 11.6 Å². The lowest BCUT2D eigenvalue weighted by molar-refractivity contribution is -0.115. The summed E-state index contributed by atoms with van der Waals surface area (Å²) < 4.78 is 0. The van der Waals surface area contributed by atoms with Gasteiger partial charge in [0.1, 0.15) is 0 Å². The highest BCUT2D eigenvalue weighted by molar-refractivity contribution is 6.30. The Balaban J connectivity index is 2.25. The first kappa shape index (κ1) is 11.2. The van der Waals surface area contributed by atoms with Gasteiger partial charge in [0.2, 0.25) is 0 Å². The van der Waals surface area contributed by atoms with Crippen molar-refractivity contribution in [2.24, 2.45) is 11.7 Å². The van der Waals surface area contributed by atoms with Crippen molar-refractivity contribution in [1.82, 2.24) is 0 Å². The predicted molar refractivity (Wildman–Crippen MR) is 66.1 cm³/mol. The Hall–Kier alpha value is -1.28. The number of carbonyl (C=O) groups is 1. The van der Waals surface area contributed by atoms with Gasteiger partial charge in [-0.05, 0) is 37.5 Å². The van der Waals surface area contributed by atoms with Gasteiger partial charge < -0.3 is 5.73 Å². The molecule has 2 nitrogen and oxygen atoms in total. The number of rotatable bonds is 3. The molecule has 1 aromatic rings. The Morgan fingerprint density at radius 3 is 2.75 bits per heavy atom. The predicted octanol–water partition coefficient (Wildman–Crippen LogP) is 2.93. The second-order valence-electron chi connectivity index (χ2n) is 4.24. The summed E-state index contributed by atoms with van der Waals surface area (Å²) in [6, 6.07) is 5.48. The molecule has 3 heteroatoms. The Labute approximate surface area is 100 Å². The van der Waals surface area contributed by atoms with E-state index in [1.54, 1.807) is 12.1 Å². The first-order valence-corrected chi connectivity index (χ1v) is 5.73. The number of aryl methyl sites for hydroxylation is 1. The molecular formula is C13H14ClNO. The molecule has 0 atom stereocenters. The Kier molecular flexibility index (Phi) is 3.01. The summed E-state index contributed by atoms with van der Waals surface area (Å²) in [5, 5.41) is 0.683. The number of nitrogens with two attached hydrogens (primary N) is 1. The molecule has 0 unspecified atom stereocenters. The van der Waals surface area contributed by atoms with Crippen LogP contribution in [0.15, 0.2) is 24.3 Å². The van der Waals surface area contributed by atoms with Crippen molar-refractivity contribution in [3.63, 3.8) is 0 Å². The standard InChI is InChI=1S/C13H14ClNO/c1-8-6-10(14)4-5-11(8)12(15)7-13(16)9-2-3-9/h4-7,9H,2-3,15H2,1H3. The van der Waals surface area contributed by atoms with Gasteiger partial charge in [-0.2, -0.15) is 0 Å². The summed E-state index contributed by atoms with van der Waals surface area (Å²) in [6.45, 7) is 1.93. The lowest BCUT2D eigenvalue weighted by atomic mass is 10.0. The van der Waals surface area contributed by atoms with Gasteiger partial charge in [0.25, 0.3) is 0 Å². The van der Waals surface area contributed by atoms with E-state index in [1.165, 1.54) is 0 Å². The van der Waals surface area contributed by atoms with Crippen LogP contribution in [-0.2, 0) is 4.79 Å². The minimum atomic E-state index is 0.145. The van der Waals surface area contributed by atoms with Crippen molar-refractivity contribution in [1.29, 1.82) is 0 Å². The van der Waals surface area contributed by atoms with Crippen molar-refractivity contribution >= 4 is 23.1 Å². The minimum absolute atomic E-state index is 0.145. The highest BCUT2D eigenvalue weighted by Gasteiger charge is 2.28. The van der Waals surface area contributed by atoms with Crippen LogP contribution in [0.3, 0.4) is 0 Å². The lowest BCUT2D eigenvalue weighted by Crippen LogP contribution is -2.04. The van der Waals surface area contributed by atoms with Gasteiger partial charge in [0.15, 0.2) is 5.78 Å². The number of hydrogen-bond acceptors (Lipinski definition) is 2. The summed E-state index contributed by atoms with van der Waals surface area (Å²) in [5.74, 6) is 0.359. The second kappa shape index (κ2) is 4.30. The second-order valence-corrected chi connectivity index (χ2v) is 4.67.